The molecular formula is C18H20N6O. The molecule has 0 aliphatic heterocycles. The average Bonchev–Trinajstić information content (AvgIpc) is 3.27. The van der Waals surface area contributed by atoms with Gasteiger partial charge in [-0.3, -0.25) is 9.89 Å². The number of nitrogens with one attached hydrogen (secondary N) is 2. The van der Waals surface area contributed by atoms with Crippen molar-refractivity contribution < 1.29 is 4.79 Å². The Hall–Kier alpha value is -2.96. The van der Waals surface area contributed by atoms with Crippen LogP contribution in [0.5, 0.6) is 0 Å². The lowest BCUT2D eigenvalue weighted by molar-refractivity contribution is 0.0882. The molecule has 7 heteroatoms. The summed E-state index contributed by atoms with van der Waals surface area (Å²) in [5.74, 6) is -0.119. The van der Waals surface area contributed by atoms with Crippen molar-refractivity contribution in [3.63, 3.8) is 0 Å². The number of hydrogen-bond acceptors (Lipinski definition) is 4. The quantitative estimate of drug-likeness (QED) is 0.748. The lowest BCUT2D eigenvalue weighted by Crippen LogP contribution is -2.45. The molecule has 2 heterocycles. The molecule has 0 unspecified atom stereocenters. The van der Waals surface area contributed by atoms with E-state index in [0.717, 1.165) is 36.2 Å². The molecule has 0 spiro atoms. The van der Waals surface area contributed by atoms with E-state index in [2.05, 4.69) is 32.7 Å². The minimum absolute atomic E-state index is 0.119. The van der Waals surface area contributed by atoms with Crippen LogP contribution in [0.1, 0.15) is 42.0 Å². The number of rotatable bonds is 5. The zero-order chi connectivity index (χ0) is 17.2. The van der Waals surface area contributed by atoms with Crippen LogP contribution in [0.2, 0.25) is 0 Å². The zero-order valence-electron chi connectivity index (χ0n) is 14.0. The fraction of sp³-hybridized carbons (Fsp3) is 0.333. The molecule has 2 N–H and O–H groups in total. The van der Waals surface area contributed by atoms with Gasteiger partial charge in [-0.05, 0) is 25.3 Å². The van der Waals surface area contributed by atoms with Crippen molar-refractivity contribution in [3.05, 3.63) is 54.0 Å². The third-order valence-electron chi connectivity index (χ3n) is 4.63. The number of carbonyl (C=O) groups excluding carboxylic acids is 1. The smallest absolute Gasteiger partial charge is 0.269 e. The van der Waals surface area contributed by atoms with Gasteiger partial charge in [-0.25, -0.2) is 4.68 Å². The highest BCUT2D eigenvalue weighted by molar-refractivity contribution is 5.93. The lowest BCUT2D eigenvalue weighted by Gasteiger charge is -2.35. The Balaban J connectivity index is 1.34. The summed E-state index contributed by atoms with van der Waals surface area (Å²) in [6, 6.07) is 12.1. The van der Waals surface area contributed by atoms with Gasteiger partial charge in [-0.2, -0.15) is 5.10 Å². The molecule has 1 saturated carbocycles. The molecule has 2 aromatic heterocycles. The van der Waals surface area contributed by atoms with E-state index in [0.29, 0.717) is 11.7 Å². The maximum absolute atomic E-state index is 12.4. The van der Waals surface area contributed by atoms with E-state index in [1.807, 2.05) is 41.2 Å². The number of amides is 1. The monoisotopic (exact) mass is 336 g/mol. The molecule has 3 aromatic rings. The van der Waals surface area contributed by atoms with Gasteiger partial charge in [0.05, 0.1) is 17.4 Å². The van der Waals surface area contributed by atoms with Gasteiger partial charge in [0.2, 0.25) is 0 Å². The van der Waals surface area contributed by atoms with Gasteiger partial charge in [0.15, 0.2) is 0 Å². The third kappa shape index (κ3) is 3.17. The molecule has 1 aliphatic rings. The molecule has 1 aromatic carbocycles. The van der Waals surface area contributed by atoms with Crippen LogP contribution in [0.15, 0.2) is 42.6 Å². The van der Waals surface area contributed by atoms with Crippen molar-refractivity contribution >= 4 is 5.91 Å². The highest BCUT2D eigenvalue weighted by Crippen LogP contribution is 2.31. The summed E-state index contributed by atoms with van der Waals surface area (Å²) < 4.78 is 1.91. The van der Waals surface area contributed by atoms with E-state index in [1.165, 1.54) is 0 Å². The summed E-state index contributed by atoms with van der Waals surface area (Å²) in [6.07, 6.45) is 4.62. The number of hydrogen-bond donors (Lipinski definition) is 2. The summed E-state index contributed by atoms with van der Waals surface area (Å²) in [5.41, 5.74) is 3.24. The van der Waals surface area contributed by atoms with Crippen molar-refractivity contribution in [3.8, 4) is 11.3 Å². The maximum atomic E-state index is 12.4. The molecule has 0 atom stereocenters. The number of aryl methyl sites for hydroxylation is 1. The van der Waals surface area contributed by atoms with Gasteiger partial charge >= 0.3 is 0 Å². The molecule has 1 aliphatic carbocycles. The number of H-pyrrole nitrogens is 1. The second-order valence-electron chi connectivity index (χ2n) is 6.37. The number of carbonyl (C=O) groups is 1. The minimum atomic E-state index is -0.119. The maximum Gasteiger partial charge on any atom is 0.269 e. The molecule has 4 rings (SSSR count). The fourth-order valence-corrected chi connectivity index (χ4v) is 3.03. The van der Waals surface area contributed by atoms with Crippen molar-refractivity contribution in [1.82, 2.24) is 30.5 Å². The third-order valence-corrected chi connectivity index (χ3v) is 4.63. The molecule has 0 saturated heterocycles. The highest BCUT2D eigenvalue weighted by atomic mass is 16.2. The standard InChI is InChI=1S/C18H20N6O/c1-2-13-11-24(23-20-13)15-8-14(9-15)19-18(25)17-10-16(21-22-17)12-6-4-3-5-7-12/h3-7,10-11,14-15H,2,8-9H2,1H3,(H,19,25)(H,21,22). The average molecular weight is 336 g/mol. The Bertz CT molecular complexity index is 863. The van der Waals surface area contributed by atoms with E-state index in [4.69, 9.17) is 0 Å². The van der Waals surface area contributed by atoms with Crippen LogP contribution in [0.4, 0.5) is 0 Å². The summed E-state index contributed by atoms with van der Waals surface area (Å²) in [6.45, 7) is 2.06. The molecule has 1 fully saturated rings. The molecular weight excluding hydrogens is 316 g/mol. The first-order valence-electron chi connectivity index (χ1n) is 8.55. The van der Waals surface area contributed by atoms with Crippen molar-refractivity contribution in [1.29, 1.82) is 0 Å². The molecule has 7 nitrogen and oxygen atoms in total. The van der Waals surface area contributed by atoms with Crippen LogP contribution >= 0.6 is 0 Å². The molecule has 0 radical (unpaired) electrons. The van der Waals surface area contributed by atoms with Gasteiger partial charge in [-0.15, -0.1) is 5.10 Å². The first kappa shape index (κ1) is 15.6. The molecule has 128 valence electrons. The van der Waals surface area contributed by atoms with E-state index >= 15 is 0 Å². The van der Waals surface area contributed by atoms with Crippen molar-refractivity contribution in [2.45, 2.75) is 38.3 Å². The van der Waals surface area contributed by atoms with E-state index < -0.39 is 0 Å². The Morgan fingerprint density at radius 1 is 1.32 bits per heavy atom. The summed E-state index contributed by atoms with van der Waals surface area (Å²) in [7, 11) is 0. The van der Waals surface area contributed by atoms with Crippen molar-refractivity contribution in [2.24, 2.45) is 0 Å². The first-order valence-corrected chi connectivity index (χ1v) is 8.55. The van der Waals surface area contributed by atoms with Gasteiger partial charge in [-0.1, -0.05) is 42.5 Å². The Morgan fingerprint density at radius 2 is 2.12 bits per heavy atom. The van der Waals surface area contributed by atoms with Gasteiger partial charge in [0, 0.05) is 17.8 Å². The van der Waals surface area contributed by atoms with Crippen LogP contribution in [0.25, 0.3) is 11.3 Å². The largest absolute Gasteiger partial charge is 0.348 e. The number of nitrogens with zero attached hydrogens (tertiary/aromatic N) is 4. The SMILES string of the molecule is CCc1cn(C2CC(NC(=O)c3cc(-c4ccccc4)n[nH]3)C2)nn1. The lowest BCUT2D eigenvalue weighted by atomic mass is 9.87. The van der Waals surface area contributed by atoms with Crippen LogP contribution < -0.4 is 5.32 Å². The Labute approximate surface area is 145 Å². The summed E-state index contributed by atoms with van der Waals surface area (Å²) >= 11 is 0. The minimum Gasteiger partial charge on any atom is -0.348 e. The Kier molecular flexibility index (Phi) is 4.05. The highest BCUT2D eigenvalue weighted by Gasteiger charge is 2.32. The molecule has 1 amide bonds. The van der Waals surface area contributed by atoms with Gasteiger partial charge < -0.3 is 5.32 Å². The predicted octanol–water partition coefficient (Wildman–Crippen LogP) is 2.36. The number of benzene rings is 1. The normalized spacial score (nSPS) is 19.4. The topological polar surface area (TPSA) is 88.5 Å². The van der Waals surface area contributed by atoms with Gasteiger partial charge in [0.25, 0.3) is 5.91 Å². The molecule has 0 bridgehead atoms. The molecule has 25 heavy (non-hydrogen) atoms. The first-order chi connectivity index (χ1) is 12.2. The summed E-state index contributed by atoms with van der Waals surface area (Å²) in [4.78, 5) is 12.4. The Morgan fingerprint density at radius 3 is 2.84 bits per heavy atom. The van der Waals surface area contributed by atoms with Crippen LogP contribution in [-0.4, -0.2) is 37.1 Å². The van der Waals surface area contributed by atoms with Crippen LogP contribution in [-0.2, 0) is 6.42 Å². The van der Waals surface area contributed by atoms with Crippen LogP contribution in [0, 0.1) is 0 Å². The zero-order valence-corrected chi connectivity index (χ0v) is 14.0. The van der Waals surface area contributed by atoms with Crippen LogP contribution in [0.3, 0.4) is 0 Å². The second kappa shape index (κ2) is 6.51. The second-order valence-corrected chi connectivity index (χ2v) is 6.37. The summed E-state index contributed by atoms with van der Waals surface area (Å²) in [5, 5.41) is 18.4. The predicted molar refractivity (Wildman–Crippen MR) is 92.9 cm³/mol. The van der Waals surface area contributed by atoms with Crippen molar-refractivity contribution in [2.75, 3.05) is 0 Å². The van der Waals surface area contributed by atoms with E-state index in [-0.39, 0.29) is 11.9 Å². The fourth-order valence-electron chi connectivity index (χ4n) is 3.03. The number of aromatic amines is 1. The van der Waals surface area contributed by atoms with E-state index in [1.54, 1.807) is 6.07 Å². The van der Waals surface area contributed by atoms with E-state index in [9.17, 15) is 4.79 Å². The van der Waals surface area contributed by atoms with Gasteiger partial charge in [0.1, 0.15) is 5.69 Å². The number of aromatic nitrogens is 5.